The van der Waals surface area contributed by atoms with Gasteiger partial charge in [0.15, 0.2) is 0 Å². The quantitative estimate of drug-likeness (QED) is 0.251. The highest BCUT2D eigenvalue weighted by Crippen LogP contribution is 2.41. The van der Waals surface area contributed by atoms with E-state index >= 15 is 0 Å². The molecule has 3 heterocycles. The minimum absolute atomic E-state index is 0.0411. The Morgan fingerprint density at radius 2 is 1.81 bits per heavy atom. The van der Waals surface area contributed by atoms with Crippen molar-refractivity contribution in [3.63, 3.8) is 0 Å². The predicted octanol–water partition coefficient (Wildman–Crippen LogP) is 0.693. The van der Waals surface area contributed by atoms with E-state index in [4.69, 9.17) is 4.74 Å². The van der Waals surface area contributed by atoms with Crippen molar-refractivity contribution in [1.29, 1.82) is 0 Å². The standard InChI is InChI=1S/C26H34N4O7/c31-13-22-24(33)25(34)23(32)12-29(22)11-18-3-1-17(2-4-18)10-27-20-6-5-19(9-21(20)30(35)36)28-8-7-26(14-28)15-37-16-26/h1-6,9,22-25,27,31-34H,7-8,10-16H2/t22-,23+,24-,25-/m1/s1. The lowest BCUT2D eigenvalue weighted by Gasteiger charge is -2.43. The lowest BCUT2D eigenvalue weighted by molar-refractivity contribution is -0.383. The summed E-state index contributed by atoms with van der Waals surface area (Å²) in [4.78, 5) is 15.4. The molecule has 5 N–H and O–H groups in total. The fourth-order valence-electron chi connectivity index (χ4n) is 5.55. The van der Waals surface area contributed by atoms with E-state index in [0.717, 1.165) is 49.5 Å². The summed E-state index contributed by atoms with van der Waals surface area (Å²) in [6.07, 6.45) is -2.58. The molecule has 3 aliphatic rings. The molecular formula is C26H34N4O7. The number of nitro groups is 1. The van der Waals surface area contributed by atoms with Crippen LogP contribution in [0.1, 0.15) is 17.5 Å². The molecule has 3 aliphatic heterocycles. The van der Waals surface area contributed by atoms with E-state index in [9.17, 15) is 30.5 Å². The first-order valence-corrected chi connectivity index (χ1v) is 12.6. The molecule has 1 spiro atoms. The second-order valence-corrected chi connectivity index (χ2v) is 10.5. The van der Waals surface area contributed by atoms with Gasteiger partial charge in [-0.2, -0.15) is 0 Å². The van der Waals surface area contributed by atoms with E-state index in [2.05, 4.69) is 10.2 Å². The van der Waals surface area contributed by atoms with Gasteiger partial charge in [-0.15, -0.1) is 0 Å². The number of hydrogen-bond acceptors (Lipinski definition) is 10. The van der Waals surface area contributed by atoms with Crippen molar-refractivity contribution in [2.24, 2.45) is 5.41 Å². The van der Waals surface area contributed by atoms with Gasteiger partial charge in [0.05, 0.1) is 36.9 Å². The molecule has 3 saturated heterocycles. The van der Waals surface area contributed by atoms with Crippen LogP contribution in [0.4, 0.5) is 17.1 Å². The van der Waals surface area contributed by atoms with Gasteiger partial charge >= 0.3 is 0 Å². The Morgan fingerprint density at radius 1 is 1.08 bits per heavy atom. The third-order valence-electron chi connectivity index (χ3n) is 7.91. The number of hydrogen-bond donors (Lipinski definition) is 5. The van der Waals surface area contributed by atoms with Crippen LogP contribution in [0.5, 0.6) is 0 Å². The Kier molecular flexibility index (Phi) is 7.35. The highest BCUT2D eigenvalue weighted by atomic mass is 16.6. The third kappa shape index (κ3) is 5.28. The highest BCUT2D eigenvalue weighted by Gasteiger charge is 2.44. The van der Waals surface area contributed by atoms with E-state index in [0.29, 0.717) is 18.8 Å². The molecule has 4 atom stereocenters. The minimum Gasteiger partial charge on any atom is -0.395 e. The molecular weight excluding hydrogens is 480 g/mol. The SMILES string of the molecule is O=[N+]([O-])c1cc(N2CCC3(COC3)C2)ccc1NCc1ccc(CN2C[C@H](O)[C@@H](O)[C@H](O)[C@H]2CO)cc1. The summed E-state index contributed by atoms with van der Waals surface area (Å²) in [5, 5.41) is 54.7. The van der Waals surface area contributed by atoms with Crippen LogP contribution in [-0.2, 0) is 17.8 Å². The zero-order chi connectivity index (χ0) is 26.2. The molecule has 0 unspecified atom stereocenters. The number of rotatable bonds is 8. The van der Waals surface area contributed by atoms with E-state index in [1.54, 1.807) is 17.0 Å². The Bertz CT molecular complexity index is 1110. The molecule has 2 aromatic rings. The normalized spacial score (nSPS) is 27.3. The fourth-order valence-corrected chi connectivity index (χ4v) is 5.55. The number of aliphatic hydroxyl groups is 4. The topological polar surface area (TPSA) is 152 Å². The van der Waals surface area contributed by atoms with Crippen molar-refractivity contribution in [1.82, 2.24) is 4.90 Å². The maximum Gasteiger partial charge on any atom is 0.294 e. The molecule has 11 nitrogen and oxygen atoms in total. The van der Waals surface area contributed by atoms with Crippen LogP contribution >= 0.6 is 0 Å². The van der Waals surface area contributed by atoms with Gasteiger partial charge in [-0.1, -0.05) is 24.3 Å². The first-order valence-electron chi connectivity index (χ1n) is 12.6. The summed E-state index contributed by atoms with van der Waals surface area (Å²) in [7, 11) is 0. The molecule has 200 valence electrons. The van der Waals surface area contributed by atoms with Gasteiger partial charge in [-0.25, -0.2) is 0 Å². The van der Waals surface area contributed by atoms with Crippen molar-refractivity contribution in [3.8, 4) is 0 Å². The molecule has 5 rings (SSSR count). The van der Waals surface area contributed by atoms with Crippen molar-refractivity contribution in [2.75, 3.05) is 49.7 Å². The van der Waals surface area contributed by atoms with Crippen molar-refractivity contribution in [2.45, 2.75) is 43.9 Å². The van der Waals surface area contributed by atoms with Crippen molar-refractivity contribution < 1.29 is 30.1 Å². The van der Waals surface area contributed by atoms with Gasteiger partial charge in [-0.3, -0.25) is 15.0 Å². The summed E-state index contributed by atoms with van der Waals surface area (Å²) < 4.78 is 5.38. The molecule has 0 bridgehead atoms. The molecule has 0 amide bonds. The smallest absolute Gasteiger partial charge is 0.294 e. The van der Waals surface area contributed by atoms with E-state index in [-0.39, 0.29) is 29.2 Å². The van der Waals surface area contributed by atoms with Crippen LogP contribution in [-0.4, -0.2) is 94.1 Å². The minimum atomic E-state index is -1.29. The number of β-amino-alcohol motifs (C(OH)–C–C–N with tert-alkyl or cyclic N) is 1. The molecule has 0 aromatic heterocycles. The van der Waals surface area contributed by atoms with Crippen LogP contribution in [0.2, 0.25) is 0 Å². The monoisotopic (exact) mass is 514 g/mol. The summed E-state index contributed by atoms with van der Waals surface area (Å²) in [6.45, 7) is 3.84. The Labute approximate surface area is 215 Å². The van der Waals surface area contributed by atoms with Crippen LogP contribution in [0.3, 0.4) is 0 Å². The second-order valence-electron chi connectivity index (χ2n) is 10.5. The molecule has 3 fully saturated rings. The Morgan fingerprint density at radius 3 is 2.43 bits per heavy atom. The lowest BCUT2D eigenvalue weighted by atomic mass is 9.85. The maximum absolute atomic E-state index is 11.8. The fraction of sp³-hybridized carbons (Fsp3) is 0.538. The van der Waals surface area contributed by atoms with Gasteiger partial charge in [0.1, 0.15) is 17.9 Å². The Hall–Kier alpha value is -2.80. The average Bonchev–Trinajstić information content (AvgIpc) is 3.34. The number of aliphatic hydroxyl groups excluding tert-OH is 4. The molecule has 37 heavy (non-hydrogen) atoms. The number of benzene rings is 2. The first kappa shape index (κ1) is 25.8. The number of piperidine rings is 1. The summed E-state index contributed by atoms with van der Waals surface area (Å²) >= 11 is 0. The lowest BCUT2D eigenvalue weighted by Crippen LogP contribution is -2.62. The summed E-state index contributed by atoms with van der Waals surface area (Å²) in [5.41, 5.74) is 3.40. The van der Waals surface area contributed by atoms with Crippen LogP contribution in [0.15, 0.2) is 42.5 Å². The first-order chi connectivity index (χ1) is 17.8. The van der Waals surface area contributed by atoms with E-state index < -0.39 is 24.4 Å². The summed E-state index contributed by atoms with van der Waals surface area (Å²) in [5.74, 6) is 0. The summed E-state index contributed by atoms with van der Waals surface area (Å²) in [6, 6.07) is 12.3. The van der Waals surface area contributed by atoms with Crippen molar-refractivity contribution in [3.05, 3.63) is 63.7 Å². The molecule has 0 saturated carbocycles. The van der Waals surface area contributed by atoms with Gasteiger partial charge in [0.2, 0.25) is 0 Å². The van der Waals surface area contributed by atoms with Crippen LogP contribution in [0.25, 0.3) is 0 Å². The molecule has 11 heteroatoms. The van der Waals surface area contributed by atoms with E-state index in [1.807, 2.05) is 30.3 Å². The van der Waals surface area contributed by atoms with Crippen LogP contribution in [0, 0.1) is 15.5 Å². The zero-order valence-corrected chi connectivity index (χ0v) is 20.6. The van der Waals surface area contributed by atoms with Gasteiger partial charge < -0.3 is 35.4 Å². The van der Waals surface area contributed by atoms with Crippen LogP contribution < -0.4 is 10.2 Å². The highest BCUT2D eigenvalue weighted by molar-refractivity contribution is 5.69. The zero-order valence-electron chi connectivity index (χ0n) is 20.6. The number of nitrogens with zero attached hydrogens (tertiary/aromatic N) is 3. The number of likely N-dealkylation sites (tertiary alicyclic amines) is 1. The van der Waals surface area contributed by atoms with Gasteiger partial charge in [0, 0.05) is 49.9 Å². The number of ether oxygens (including phenoxy) is 1. The predicted molar refractivity (Wildman–Crippen MR) is 136 cm³/mol. The number of nitro benzene ring substituents is 1. The molecule has 0 radical (unpaired) electrons. The van der Waals surface area contributed by atoms with Crippen molar-refractivity contribution >= 4 is 17.1 Å². The van der Waals surface area contributed by atoms with Gasteiger partial charge in [-0.05, 0) is 29.7 Å². The molecule has 2 aromatic carbocycles. The third-order valence-corrected chi connectivity index (χ3v) is 7.91. The average molecular weight is 515 g/mol. The van der Waals surface area contributed by atoms with Gasteiger partial charge in [0.25, 0.3) is 5.69 Å². The maximum atomic E-state index is 11.8. The largest absolute Gasteiger partial charge is 0.395 e. The second kappa shape index (κ2) is 10.5. The van der Waals surface area contributed by atoms with E-state index in [1.165, 1.54) is 0 Å². The number of nitrogens with one attached hydrogen (secondary N) is 1. The molecule has 0 aliphatic carbocycles. The Balaban J connectivity index is 1.21. The number of anilines is 2.